The number of ether oxygens (including phenoxy) is 2. The first kappa shape index (κ1) is 14.3. The molecule has 0 spiro atoms. The van der Waals surface area contributed by atoms with Crippen molar-refractivity contribution in [3.63, 3.8) is 0 Å². The van der Waals surface area contributed by atoms with Crippen molar-refractivity contribution in [3.8, 4) is 0 Å². The maximum atomic E-state index is 10.9. The zero-order chi connectivity index (χ0) is 13.2. The van der Waals surface area contributed by atoms with Gasteiger partial charge in [0.15, 0.2) is 6.29 Å². The fourth-order valence-electron chi connectivity index (χ4n) is 1.35. The van der Waals surface area contributed by atoms with Crippen molar-refractivity contribution in [2.24, 2.45) is 0 Å². The Morgan fingerprint density at radius 3 is 2.35 bits per heavy atom. The van der Waals surface area contributed by atoms with Crippen LogP contribution in [0, 0.1) is 0 Å². The second kappa shape index (κ2) is 5.71. The number of hydrogen-bond acceptors (Lipinski definition) is 8. The van der Waals surface area contributed by atoms with Gasteiger partial charge in [0.1, 0.15) is 37.1 Å². The first-order chi connectivity index (χ1) is 7.84. The average Bonchev–Trinajstić information content (AvgIpc) is 2.28. The minimum absolute atomic E-state index is 0.453. The van der Waals surface area contributed by atoms with E-state index >= 15 is 0 Å². The second-order valence-electron chi connectivity index (χ2n) is 3.84. The Hall–Kier alpha value is -0.770. The minimum atomic E-state index is -1.68. The average molecular weight is 252 g/mol. The maximum Gasteiger partial charge on any atom is 0.334 e. The van der Waals surface area contributed by atoms with E-state index in [-0.39, 0.29) is 0 Å². The molecule has 6 atom stereocenters. The van der Waals surface area contributed by atoms with E-state index in [1.807, 2.05) is 0 Å². The van der Waals surface area contributed by atoms with Gasteiger partial charge in [0.2, 0.25) is 0 Å². The summed E-state index contributed by atoms with van der Waals surface area (Å²) in [4.78, 5) is 10.9. The summed E-state index contributed by atoms with van der Waals surface area (Å²) in [5.74, 6) is -0.920. The molecule has 0 bridgehead atoms. The standard InChI is InChI=1S/C9H16O8/c1-3(10)8(14)16-2-4-5(11)6(12)7(13)9(15)17-4/h3-7,9-13,15H,2H2,1H3/t3-,4+,5-,6-,7+,9-/m0/s1. The fraction of sp³-hybridized carbons (Fsp3) is 0.889. The van der Waals surface area contributed by atoms with Gasteiger partial charge in [-0.25, -0.2) is 4.79 Å². The summed E-state index contributed by atoms with van der Waals surface area (Å²) < 4.78 is 9.32. The van der Waals surface area contributed by atoms with Crippen LogP contribution in [0.25, 0.3) is 0 Å². The van der Waals surface area contributed by atoms with Crippen molar-refractivity contribution in [3.05, 3.63) is 0 Å². The molecule has 1 rings (SSSR count). The summed E-state index contributed by atoms with van der Waals surface area (Å²) >= 11 is 0. The number of aliphatic hydroxyl groups is 5. The molecule has 0 amide bonds. The molecule has 1 saturated heterocycles. The Labute approximate surface area is 97.0 Å². The van der Waals surface area contributed by atoms with Crippen molar-refractivity contribution >= 4 is 5.97 Å². The van der Waals surface area contributed by atoms with Crippen LogP contribution in [0.4, 0.5) is 0 Å². The summed E-state index contributed by atoms with van der Waals surface area (Å²) in [5, 5.41) is 46.0. The fourth-order valence-corrected chi connectivity index (χ4v) is 1.35. The van der Waals surface area contributed by atoms with Gasteiger partial charge in [0.05, 0.1) is 0 Å². The predicted molar refractivity (Wildman–Crippen MR) is 51.5 cm³/mol. The second-order valence-corrected chi connectivity index (χ2v) is 3.84. The molecule has 8 heteroatoms. The lowest BCUT2D eigenvalue weighted by atomic mass is 9.99. The van der Waals surface area contributed by atoms with Crippen molar-refractivity contribution in [2.45, 2.75) is 43.7 Å². The van der Waals surface area contributed by atoms with E-state index in [1.165, 1.54) is 6.92 Å². The van der Waals surface area contributed by atoms with E-state index < -0.39 is 49.4 Å². The number of rotatable bonds is 3. The summed E-state index contributed by atoms with van der Waals surface area (Å²) in [6.45, 7) is 0.750. The van der Waals surface area contributed by atoms with E-state index in [9.17, 15) is 20.1 Å². The number of esters is 1. The van der Waals surface area contributed by atoms with E-state index in [0.717, 1.165) is 0 Å². The molecular formula is C9H16O8. The molecule has 0 radical (unpaired) electrons. The third-order valence-corrected chi connectivity index (χ3v) is 2.42. The van der Waals surface area contributed by atoms with E-state index in [4.69, 9.17) is 14.9 Å². The maximum absolute atomic E-state index is 10.9. The van der Waals surface area contributed by atoms with Crippen LogP contribution in [0.1, 0.15) is 6.92 Å². The Morgan fingerprint density at radius 2 is 1.82 bits per heavy atom. The molecule has 17 heavy (non-hydrogen) atoms. The van der Waals surface area contributed by atoms with Crippen molar-refractivity contribution in [1.82, 2.24) is 0 Å². The van der Waals surface area contributed by atoms with Gasteiger partial charge in [-0.2, -0.15) is 0 Å². The van der Waals surface area contributed by atoms with Crippen LogP contribution >= 0.6 is 0 Å². The topological polar surface area (TPSA) is 137 Å². The molecule has 0 aromatic rings. The molecule has 0 saturated carbocycles. The molecule has 1 aliphatic heterocycles. The van der Waals surface area contributed by atoms with Crippen LogP contribution in [-0.4, -0.2) is 74.9 Å². The number of hydrogen-bond donors (Lipinski definition) is 5. The van der Waals surface area contributed by atoms with Crippen molar-refractivity contribution in [1.29, 1.82) is 0 Å². The van der Waals surface area contributed by atoms with Gasteiger partial charge in [0.25, 0.3) is 0 Å². The van der Waals surface area contributed by atoms with Gasteiger partial charge < -0.3 is 35.0 Å². The highest BCUT2D eigenvalue weighted by molar-refractivity contribution is 5.73. The first-order valence-corrected chi connectivity index (χ1v) is 5.07. The van der Waals surface area contributed by atoms with Crippen LogP contribution in [0.2, 0.25) is 0 Å². The van der Waals surface area contributed by atoms with Gasteiger partial charge in [-0.1, -0.05) is 0 Å². The largest absolute Gasteiger partial charge is 0.461 e. The summed E-state index contributed by atoms with van der Waals surface area (Å²) in [7, 11) is 0. The Balaban J connectivity index is 2.51. The van der Waals surface area contributed by atoms with Crippen LogP contribution in [0.15, 0.2) is 0 Å². The number of carbonyl (C=O) groups is 1. The lowest BCUT2D eigenvalue weighted by Crippen LogP contribution is -2.58. The summed E-state index contributed by atoms with van der Waals surface area (Å²) in [6.07, 6.45) is -8.91. The summed E-state index contributed by atoms with van der Waals surface area (Å²) in [5.41, 5.74) is 0. The molecule has 0 aromatic heterocycles. The molecule has 5 N–H and O–H groups in total. The number of carbonyl (C=O) groups excluding carboxylic acids is 1. The Bertz CT molecular complexity index is 268. The third-order valence-electron chi connectivity index (χ3n) is 2.42. The first-order valence-electron chi connectivity index (χ1n) is 5.07. The molecule has 1 aliphatic rings. The molecule has 8 nitrogen and oxygen atoms in total. The molecular weight excluding hydrogens is 236 g/mol. The molecule has 0 unspecified atom stereocenters. The van der Waals surface area contributed by atoms with Gasteiger partial charge in [-0.3, -0.25) is 0 Å². The predicted octanol–water partition coefficient (Wildman–Crippen LogP) is -3.29. The number of aliphatic hydroxyl groups excluding tert-OH is 5. The molecule has 1 heterocycles. The summed E-state index contributed by atoms with van der Waals surface area (Å²) in [6, 6.07) is 0. The molecule has 100 valence electrons. The van der Waals surface area contributed by atoms with Crippen molar-refractivity contribution in [2.75, 3.05) is 6.61 Å². The van der Waals surface area contributed by atoms with Gasteiger partial charge in [-0.05, 0) is 6.92 Å². The van der Waals surface area contributed by atoms with E-state index in [0.29, 0.717) is 0 Å². The normalized spacial score (nSPS) is 39.8. The lowest BCUT2D eigenvalue weighted by Gasteiger charge is -2.37. The molecule has 0 aromatic carbocycles. The highest BCUT2D eigenvalue weighted by Crippen LogP contribution is 2.20. The zero-order valence-electron chi connectivity index (χ0n) is 9.13. The highest BCUT2D eigenvalue weighted by Gasteiger charge is 2.43. The monoisotopic (exact) mass is 252 g/mol. The van der Waals surface area contributed by atoms with Crippen LogP contribution < -0.4 is 0 Å². The zero-order valence-corrected chi connectivity index (χ0v) is 9.13. The quantitative estimate of drug-likeness (QED) is 0.330. The van der Waals surface area contributed by atoms with Gasteiger partial charge in [-0.15, -0.1) is 0 Å². The van der Waals surface area contributed by atoms with Gasteiger partial charge >= 0.3 is 5.97 Å². The van der Waals surface area contributed by atoms with Crippen LogP contribution in [0.3, 0.4) is 0 Å². The highest BCUT2D eigenvalue weighted by atomic mass is 16.7. The van der Waals surface area contributed by atoms with Crippen molar-refractivity contribution < 1.29 is 39.8 Å². The Morgan fingerprint density at radius 1 is 1.24 bits per heavy atom. The molecule has 0 aliphatic carbocycles. The van der Waals surface area contributed by atoms with Crippen LogP contribution in [0.5, 0.6) is 0 Å². The van der Waals surface area contributed by atoms with Gasteiger partial charge in [0, 0.05) is 0 Å². The minimum Gasteiger partial charge on any atom is -0.461 e. The Kier molecular flexibility index (Phi) is 4.80. The van der Waals surface area contributed by atoms with E-state index in [1.54, 1.807) is 0 Å². The third kappa shape index (κ3) is 3.35. The lowest BCUT2D eigenvalue weighted by molar-refractivity contribution is -0.287. The SMILES string of the molecule is C[C@H](O)C(=O)OC[C@H]1O[C@H](O)[C@H](O)[C@@H](O)[C@H]1O. The van der Waals surface area contributed by atoms with E-state index in [2.05, 4.69) is 4.74 Å². The van der Waals surface area contributed by atoms with Crippen LogP contribution in [-0.2, 0) is 14.3 Å². The smallest absolute Gasteiger partial charge is 0.334 e. The molecule has 1 fully saturated rings.